The summed E-state index contributed by atoms with van der Waals surface area (Å²) in [7, 11) is 5.97. The summed E-state index contributed by atoms with van der Waals surface area (Å²) in [6.45, 7) is 0.0526. The second-order valence-electron chi connectivity index (χ2n) is 8.20. The Kier molecular flexibility index (Phi) is 7.59. The van der Waals surface area contributed by atoms with Crippen molar-refractivity contribution in [1.29, 1.82) is 0 Å². The molecule has 1 aliphatic rings. The summed E-state index contributed by atoms with van der Waals surface area (Å²) in [5.74, 6) is -0.272. The van der Waals surface area contributed by atoms with Crippen LogP contribution in [0.2, 0.25) is 5.02 Å². The normalized spacial score (nSPS) is 16.6. The molecule has 192 valence electrons. The topological polar surface area (TPSA) is 94.5 Å². The van der Waals surface area contributed by atoms with Gasteiger partial charge in [0, 0.05) is 10.6 Å². The maximum Gasteiger partial charge on any atom is 0.295 e. The standard InChI is InChI=1S/C28H26ClNO7/c1-34-20-8-6-5-7-17(20)15-30-25(16-9-11-22(36-3)23(13-16)37-4)24(27(32)28(30)33)26(31)19-14-18(29)10-12-21(19)35-2/h5-14,25,31H,15H2,1-4H3/b26-24+. The molecule has 0 aliphatic carbocycles. The molecule has 0 aromatic heterocycles. The minimum atomic E-state index is -0.951. The molecule has 1 saturated heterocycles. The second-order valence-corrected chi connectivity index (χ2v) is 8.63. The van der Waals surface area contributed by atoms with E-state index in [0.717, 1.165) is 0 Å². The molecule has 1 heterocycles. The maximum atomic E-state index is 13.5. The first-order chi connectivity index (χ1) is 17.8. The Hall–Kier alpha value is -4.17. The number of hydrogen-bond donors (Lipinski definition) is 1. The first-order valence-corrected chi connectivity index (χ1v) is 11.7. The zero-order valence-corrected chi connectivity index (χ0v) is 21.5. The zero-order chi connectivity index (χ0) is 26.7. The van der Waals surface area contributed by atoms with Crippen molar-refractivity contribution < 1.29 is 33.6 Å². The molecular formula is C28H26ClNO7. The van der Waals surface area contributed by atoms with Crippen molar-refractivity contribution in [2.45, 2.75) is 12.6 Å². The van der Waals surface area contributed by atoms with Crippen LogP contribution < -0.4 is 18.9 Å². The number of nitrogens with zero attached hydrogens (tertiary/aromatic N) is 1. The molecule has 37 heavy (non-hydrogen) atoms. The highest BCUT2D eigenvalue weighted by Crippen LogP contribution is 2.44. The van der Waals surface area contributed by atoms with Gasteiger partial charge >= 0.3 is 0 Å². The lowest BCUT2D eigenvalue weighted by atomic mass is 9.94. The van der Waals surface area contributed by atoms with E-state index in [1.807, 2.05) is 18.2 Å². The molecule has 1 fully saturated rings. The number of ether oxygens (including phenoxy) is 4. The summed E-state index contributed by atoms with van der Waals surface area (Å²) in [6, 6.07) is 16.0. The van der Waals surface area contributed by atoms with Crippen LogP contribution in [0.25, 0.3) is 5.76 Å². The first-order valence-electron chi connectivity index (χ1n) is 11.3. The van der Waals surface area contributed by atoms with Gasteiger partial charge < -0.3 is 29.0 Å². The molecule has 9 heteroatoms. The fraction of sp³-hybridized carbons (Fsp3) is 0.214. The second kappa shape index (κ2) is 10.8. The fourth-order valence-electron chi connectivity index (χ4n) is 4.44. The minimum Gasteiger partial charge on any atom is -0.507 e. The van der Waals surface area contributed by atoms with Gasteiger partial charge in [0.25, 0.3) is 11.7 Å². The van der Waals surface area contributed by atoms with Crippen LogP contribution >= 0.6 is 11.6 Å². The third kappa shape index (κ3) is 4.80. The summed E-state index contributed by atoms with van der Waals surface area (Å²) < 4.78 is 21.7. The Balaban J connectivity index is 1.95. The van der Waals surface area contributed by atoms with Crippen LogP contribution in [-0.2, 0) is 16.1 Å². The number of hydrogen-bond acceptors (Lipinski definition) is 7. The van der Waals surface area contributed by atoms with Crippen LogP contribution in [0.4, 0.5) is 0 Å². The third-order valence-corrected chi connectivity index (χ3v) is 6.45. The number of aliphatic hydroxyl groups excluding tert-OH is 1. The lowest BCUT2D eigenvalue weighted by Crippen LogP contribution is -2.29. The van der Waals surface area contributed by atoms with E-state index in [1.165, 1.54) is 39.4 Å². The predicted octanol–water partition coefficient (Wildman–Crippen LogP) is 5.00. The van der Waals surface area contributed by atoms with Crippen LogP contribution in [0.1, 0.15) is 22.7 Å². The molecule has 8 nitrogen and oxygen atoms in total. The average molecular weight is 524 g/mol. The lowest BCUT2D eigenvalue weighted by Gasteiger charge is -2.26. The largest absolute Gasteiger partial charge is 0.507 e. The Morgan fingerprint density at radius 1 is 0.838 bits per heavy atom. The van der Waals surface area contributed by atoms with Crippen LogP contribution in [0, 0.1) is 0 Å². The van der Waals surface area contributed by atoms with Crippen molar-refractivity contribution in [1.82, 2.24) is 4.90 Å². The van der Waals surface area contributed by atoms with Crippen molar-refractivity contribution in [3.05, 3.63) is 87.9 Å². The summed E-state index contributed by atoms with van der Waals surface area (Å²) in [5.41, 5.74) is 1.32. The molecule has 1 atom stereocenters. The molecule has 0 radical (unpaired) electrons. The SMILES string of the molecule is COc1ccccc1CN1C(=O)C(=O)/C(=C(/O)c2cc(Cl)ccc2OC)C1c1ccc(OC)c(OC)c1. The highest BCUT2D eigenvalue weighted by molar-refractivity contribution is 6.46. The summed E-state index contributed by atoms with van der Waals surface area (Å²) in [6.07, 6.45) is 0. The number of carbonyl (C=O) groups is 2. The van der Waals surface area contributed by atoms with Gasteiger partial charge in [0.05, 0.1) is 52.2 Å². The number of para-hydroxylation sites is 1. The first kappa shape index (κ1) is 25.9. The van der Waals surface area contributed by atoms with Crippen LogP contribution in [-0.4, -0.2) is 50.1 Å². The molecule has 3 aromatic rings. The average Bonchev–Trinajstić information content (AvgIpc) is 3.17. The van der Waals surface area contributed by atoms with Gasteiger partial charge in [0.2, 0.25) is 0 Å². The molecule has 1 unspecified atom stereocenters. The highest BCUT2D eigenvalue weighted by Gasteiger charge is 2.46. The van der Waals surface area contributed by atoms with E-state index < -0.39 is 23.5 Å². The minimum absolute atomic E-state index is 0.0526. The number of halogens is 1. The summed E-state index contributed by atoms with van der Waals surface area (Å²) in [4.78, 5) is 28.3. The molecule has 0 saturated carbocycles. The fourth-order valence-corrected chi connectivity index (χ4v) is 4.61. The van der Waals surface area contributed by atoms with E-state index in [4.69, 9.17) is 30.5 Å². The van der Waals surface area contributed by atoms with Crippen molar-refractivity contribution in [2.75, 3.05) is 28.4 Å². The Morgan fingerprint density at radius 2 is 1.49 bits per heavy atom. The Labute approximate surface area is 219 Å². The van der Waals surface area contributed by atoms with Gasteiger partial charge in [-0.15, -0.1) is 0 Å². The lowest BCUT2D eigenvalue weighted by molar-refractivity contribution is -0.140. The third-order valence-electron chi connectivity index (χ3n) is 6.21. The van der Waals surface area contributed by atoms with E-state index in [1.54, 1.807) is 36.4 Å². The van der Waals surface area contributed by atoms with Gasteiger partial charge in [-0.05, 0) is 42.0 Å². The van der Waals surface area contributed by atoms with Crippen molar-refractivity contribution >= 4 is 29.1 Å². The molecule has 0 spiro atoms. The molecule has 4 rings (SSSR count). The summed E-state index contributed by atoms with van der Waals surface area (Å²) in [5, 5.41) is 11.8. The van der Waals surface area contributed by atoms with Gasteiger partial charge in [-0.25, -0.2) is 0 Å². The molecule has 0 bridgehead atoms. The smallest absolute Gasteiger partial charge is 0.295 e. The van der Waals surface area contributed by atoms with Crippen molar-refractivity contribution in [3.63, 3.8) is 0 Å². The number of amides is 1. The zero-order valence-electron chi connectivity index (χ0n) is 20.8. The van der Waals surface area contributed by atoms with Gasteiger partial charge in [0.15, 0.2) is 11.5 Å². The maximum absolute atomic E-state index is 13.5. The van der Waals surface area contributed by atoms with Crippen LogP contribution in [0.15, 0.2) is 66.2 Å². The van der Waals surface area contributed by atoms with E-state index >= 15 is 0 Å². The van der Waals surface area contributed by atoms with Gasteiger partial charge in [-0.1, -0.05) is 35.9 Å². The number of aliphatic hydroxyl groups is 1. The highest BCUT2D eigenvalue weighted by atomic mass is 35.5. The van der Waals surface area contributed by atoms with Crippen LogP contribution in [0.3, 0.4) is 0 Å². The van der Waals surface area contributed by atoms with E-state index in [0.29, 0.717) is 39.1 Å². The monoisotopic (exact) mass is 523 g/mol. The van der Waals surface area contributed by atoms with Gasteiger partial charge in [0.1, 0.15) is 17.3 Å². The molecule has 3 aromatic carbocycles. The quantitative estimate of drug-likeness (QED) is 0.252. The number of carbonyl (C=O) groups excluding carboxylic acids is 2. The number of likely N-dealkylation sites (tertiary alicyclic amines) is 1. The predicted molar refractivity (Wildman–Crippen MR) is 138 cm³/mol. The number of rotatable bonds is 8. The molecule has 1 N–H and O–H groups in total. The Bertz CT molecular complexity index is 1380. The molecule has 1 amide bonds. The number of Topliss-reactive ketones (excluding diaryl/α,β-unsaturated/α-hetero) is 1. The van der Waals surface area contributed by atoms with E-state index in [2.05, 4.69) is 0 Å². The van der Waals surface area contributed by atoms with Crippen molar-refractivity contribution in [2.24, 2.45) is 0 Å². The van der Waals surface area contributed by atoms with Gasteiger partial charge in [-0.3, -0.25) is 9.59 Å². The van der Waals surface area contributed by atoms with E-state index in [-0.39, 0.29) is 17.7 Å². The van der Waals surface area contributed by atoms with Gasteiger partial charge in [-0.2, -0.15) is 0 Å². The molecule has 1 aliphatic heterocycles. The van der Waals surface area contributed by atoms with Crippen molar-refractivity contribution in [3.8, 4) is 23.0 Å². The number of methoxy groups -OCH3 is 4. The van der Waals surface area contributed by atoms with E-state index in [9.17, 15) is 14.7 Å². The molecular weight excluding hydrogens is 498 g/mol. The summed E-state index contributed by atoms with van der Waals surface area (Å²) >= 11 is 6.19. The Morgan fingerprint density at radius 3 is 2.16 bits per heavy atom. The van der Waals surface area contributed by atoms with Crippen LogP contribution in [0.5, 0.6) is 23.0 Å². The number of benzene rings is 3. The number of ketones is 1.